The lowest BCUT2D eigenvalue weighted by Gasteiger charge is -2.34. The van der Waals surface area contributed by atoms with Crippen LogP contribution >= 0.6 is 12.4 Å². The molecule has 0 aromatic heterocycles. The number of carbonyl (C=O) groups is 2. The molecule has 0 fully saturated rings. The molecule has 0 bridgehead atoms. The molecule has 6 heteroatoms. The van der Waals surface area contributed by atoms with Gasteiger partial charge in [-0.1, -0.05) is 58.3 Å². The fourth-order valence-corrected chi connectivity index (χ4v) is 3.10. The fraction of sp³-hybridized carbons (Fsp3) is 0.895. The number of carbonyl (C=O) groups excluding carboxylic acids is 2. The van der Waals surface area contributed by atoms with E-state index in [9.17, 15) is 19.8 Å². The Labute approximate surface area is 159 Å². The molecule has 0 spiro atoms. The molecule has 0 aromatic carbocycles. The number of rotatable bonds is 15. The summed E-state index contributed by atoms with van der Waals surface area (Å²) in [5.74, 6) is -1.76. The van der Waals surface area contributed by atoms with Crippen molar-refractivity contribution in [1.29, 1.82) is 0 Å². The van der Waals surface area contributed by atoms with Gasteiger partial charge in [0.15, 0.2) is 11.4 Å². The standard InChI is InChI=1S/C19H37NO4.ClH/c1-5-6-7-8-9-10-11-12-13-14-17(21)19(24,15-18(22)23)16-20(2,3)4;/h24H,5-16H2,1-4H3;1H/t19-;/m1./s1. The molecule has 1 N–H and O–H groups in total. The number of halogens is 1. The molecule has 0 unspecified atom stereocenters. The number of nitrogens with zero attached hydrogens (tertiary/aromatic N) is 1. The zero-order valence-corrected chi connectivity index (χ0v) is 17.3. The number of hydrogen-bond donors (Lipinski definition) is 1. The first kappa shape index (κ1) is 26.6. The number of likely N-dealkylation sites (N-methyl/N-ethyl adjacent to an activating group) is 1. The third-order valence-electron chi connectivity index (χ3n) is 4.20. The lowest BCUT2D eigenvalue weighted by atomic mass is 9.89. The highest BCUT2D eigenvalue weighted by molar-refractivity contribution is 5.90. The van der Waals surface area contributed by atoms with Crippen molar-refractivity contribution < 1.29 is 24.3 Å². The highest BCUT2D eigenvalue weighted by atomic mass is 35.5. The van der Waals surface area contributed by atoms with Gasteiger partial charge in [-0.15, -0.1) is 12.4 Å². The van der Waals surface area contributed by atoms with Crippen LogP contribution in [0.15, 0.2) is 0 Å². The zero-order chi connectivity index (χ0) is 18.6. The van der Waals surface area contributed by atoms with Crippen LogP contribution in [0.25, 0.3) is 0 Å². The van der Waals surface area contributed by atoms with Crippen molar-refractivity contribution in [2.45, 2.75) is 83.2 Å². The topological polar surface area (TPSA) is 77.4 Å². The van der Waals surface area contributed by atoms with E-state index >= 15 is 0 Å². The van der Waals surface area contributed by atoms with E-state index in [-0.39, 0.29) is 31.2 Å². The Morgan fingerprint density at radius 2 is 1.36 bits per heavy atom. The Balaban J connectivity index is 0. The fourth-order valence-electron chi connectivity index (χ4n) is 3.10. The Morgan fingerprint density at radius 1 is 0.920 bits per heavy atom. The summed E-state index contributed by atoms with van der Waals surface area (Å²) in [7, 11) is 5.48. The second kappa shape index (κ2) is 13.5. The first-order valence-electron chi connectivity index (χ1n) is 9.37. The van der Waals surface area contributed by atoms with Crippen molar-refractivity contribution in [1.82, 2.24) is 0 Å². The van der Waals surface area contributed by atoms with Crippen molar-refractivity contribution in [3.05, 3.63) is 0 Å². The van der Waals surface area contributed by atoms with Crippen LogP contribution in [0.4, 0.5) is 0 Å². The second-order valence-electron chi connectivity index (χ2n) is 8.03. The van der Waals surface area contributed by atoms with Crippen LogP contribution in [0.3, 0.4) is 0 Å². The molecule has 0 rings (SSSR count). The van der Waals surface area contributed by atoms with Gasteiger partial charge in [0.2, 0.25) is 0 Å². The molecule has 5 nitrogen and oxygen atoms in total. The Hall–Kier alpha value is -0.650. The second-order valence-corrected chi connectivity index (χ2v) is 8.03. The molecule has 0 aliphatic heterocycles. The molecular weight excluding hydrogens is 342 g/mol. The minimum absolute atomic E-state index is 0. The van der Waals surface area contributed by atoms with Gasteiger partial charge in [0.1, 0.15) is 6.54 Å². The molecule has 0 aliphatic carbocycles. The van der Waals surface area contributed by atoms with E-state index in [0.717, 1.165) is 12.8 Å². The van der Waals surface area contributed by atoms with Gasteiger partial charge in [-0.25, -0.2) is 0 Å². The summed E-state index contributed by atoms with van der Waals surface area (Å²) in [6, 6.07) is 0. The number of unbranched alkanes of at least 4 members (excludes halogenated alkanes) is 8. The van der Waals surface area contributed by atoms with Crippen LogP contribution in [0.1, 0.15) is 77.6 Å². The van der Waals surface area contributed by atoms with Crippen LogP contribution in [0, 0.1) is 0 Å². The van der Waals surface area contributed by atoms with E-state index in [4.69, 9.17) is 0 Å². The van der Waals surface area contributed by atoms with Crippen molar-refractivity contribution in [3.63, 3.8) is 0 Å². The molecule has 150 valence electrons. The molecule has 0 amide bonds. The lowest BCUT2D eigenvalue weighted by molar-refractivity contribution is -0.875. The maximum Gasteiger partial charge on any atom is 0.177 e. The van der Waals surface area contributed by atoms with Gasteiger partial charge in [0, 0.05) is 18.8 Å². The summed E-state index contributed by atoms with van der Waals surface area (Å²) < 4.78 is 0.327. The maximum absolute atomic E-state index is 12.3. The zero-order valence-electron chi connectivity index (χ0n) is 16.5. The van der Waals surface area contributed by atoms with E-state index in [1.807, 2.05) is 21.1 Å². The molecule has 0 aromatic rings. The van der Waals surface area contributed by atoms with Crippen molar-refractivity contribution in [2.24, 2.45) is 0 Å². The normalized spacial score (nSPS) is 13.8. The van der Waals surface area contributed by atoms with Gasteiger partial charge in [-0.05, 0) is 6.42 Å². The van der Waals surface area contributed by atoms with Gasteiger partial charge in [0.25, 0.3) is 0 Å². The SMILES string of the molecule is CCCCCCCCCCCC(=O)[C@@](O)(CC(=O)[O-])C[N+](C)(C)C.Cl. The number of carboxylic acid groups (broad SMARTS) is 1. The molecule has 0 saturated heterocycles. The predicted molar refractivity (Wildman–Crippen MR) is 102 cm³/mol. The average Bonchev–Trinajstić information content (AvgIpc) is 2.42. The summed E-state index contributed by atoms with van der Waals surface area (Å²) in [6.45, 7) is 2.29. The average molecular weight is 380 g/mol. The van der Waals surface area contributed by atoms with Crippen LogP contribution in [0.2, 0.25) is 0 Å². The van der Waals surface area contributed by atoms with E-state index in [2.05, 4.69) is 6.92 Å². The highest BCUT2D eigenvalue weighted by Gasteiger charge is 2.40. The van der Waals surface area contributed by atoms with Gasteiger partial charge in [-0.2, -0.15) is 0 Å². The van der Waals surface area contributed by atoms with Crippen molar-refractivity contribution >= 4 is 24.2 Å². The maximum atomic E-state index is 12.3. The summed E-state index contributed by atoms with van der Waals surface area (Å²) in [5.41, 5.74) is -1.82. The number of hydrogen-bond acceptors (Lipinski definition) is 4. The van der Waals surface area contributed by atoms with Gasteiger partial charge in [0.05, 0.1) is 21.1 Å². The van der Waals surface area contributed by atoms with Crippen LogP contribution < -0.4 is 5.11 Å². The summed E-state index contributed by atoms with van der Waals surface area (Å²) in [5, 5.41) is 21.4. The number of carboxylic acids is 1. The van der Waals surface area contributed by atoms with E-state index in [1.165, 1.54) is 38.5 Å². The number of aliphatic hydroxyl groups is 1. The molecule has 0 aliphatic rings. The molecule has 25 heavy (non-hydrogen) atoms. The molecule has 0 saturated carbocycles. The minimum atomic E-state index is -1.82. The van der Waals surface area contributed by atoms with E-state index < -0.39 is 18.0 Å². The number of aliphatic carboxylic acids is 1. The highest BCUT2D eigenvalue weighted by Crippen LogP contribution is 2.19. The first-order valence-corrected chi connectivity index (χ1v) is 9.37. The first-order chi connectivity index (χ1) is 11.1. The van der Waals surface area contributed by atoms with E-state index in [1.54, 1.807) is 0 Å². The third kappa shape index (κ3) is 14.2. The quantitative estimate of drug-likeness (QED) is 0.350. The molecular formula is C19H38ClNO4. The Kier molecular flexibility index (Phi) is 14.4. The van der Waals surface area contributed by atoms with Gasteiger partial charge < -0.3 is 19.5 Å². The van der Waals surface area contributed by atoms with Gasteiger partial charge >= 0.3 is 0 Å². The third-order valence-corrected chi connectivity index (χ3v) is 4.20. The molecule has 0 radical (unpaired) electrons. The Morgan fingerprint density at radius 3 is 1.76 bits per heavy atom. The van der Waals surface area contributed by atoms with Crippen molar-refractivity contribution in [3.8, 4) is 0 Å². The lowest BCUT2D eigenvalue weighted by Crippen LogP contribution is -2.56. The van der Waals surface area contributed by atoms with Crippen LogP contribution in [-0.4, -0.2) is 54.6 Å². The molecule has 1 atom stereocenters. The monoisotopic (exact) mass is 379 g/mol. The summed E-state index contributed by atoms with van der Waals surface area (Å²) in [6.07, 6.45) is 9.92. The van der Waals surface area contributed by atoms with Gasteiger partial charge in [-0.3, -0.25) is 4.79 Å². The number of Topliss-reactive ketones (excluding diaryl/α,β-unsaturated/α-hetero) is 1. The summed E-state index contributed by atoms with van der Waals surface area (Å²) >= 11 is 0. The minimum Gasteiger partial charge on any atom is -0.550 e. The smallest absolute Gasteiger partial charge is 0.177 e. The summed E-state index contributed by atoms with van der Waals surface area (Å²) in [4.78, 5) is 23.2. The number of ketones is 1. The van der Waals surface area contributed by atoms with Crippen LogP contribution in [0.5, 0.6) is 0 Å². The largest absolute Gasteiger partial charge is 0.550 e. The van der Waals surface area contributed by atoms with Crippen molar-refractivity contribution in [2.75, 3.05) is 27.7 Å². The van der Waals surface area contributed by atoms with E-state index in [0.29, 0.717) is 10.9 Å². The van der Waals surface area contributed by atoms with Crippen LogP contribution in [-0.2, 0) is 9.59 Å². The number of quaternary nitrogens is 1. The molecule has 0 heterocycles. The Bertz CT molecular complexity index is 382. The predicted octanol–water partition coefficient (Wildman–Crippen LogP) is 2.48.